The first kappa shape index (κ1) is 6.92. The number of fused-ring (bicyclic) bond motifs is 1. The predicted octanol–water partition coefficient (Wildman–Crippen LogP) is 3.35. The van der Waals surface area contributed by atoms with Crippen LogP contribution in [-0.2, 0) is 0 Å². The van der Waals surface area contributed by atoms with Crippen LogP contribution >= 0.6 is 11.3 Å². The van der Waals surface area contributed by atoms with Gasteiger partial charge in [-0.05, 0) is 22.9 Å². The Bertz CT molecular complexity index is 356. The van der Waals surface area contributed by atoms with Crippen LogP contribution in [0.15, 0.2) is 17.6 Å². The highest BCUT2D eigenvalue weighted by Crippen LogP contribution is 2.28. The van der Waals surface area contributed by atoms with Crippen molar-refractivity contribution < 1.29 is 0 Å². The smallest absolute Gasteiger partial charge is 0.0566 e. The molecule has 2 aromatic heterocycles. The second-order valence-electron chi connectivity index (χ2n) is 3.06. The quantitative estimate of drug-likeness (QED) is 0.667. The first-order chi connectivity index (χ1) is 5.29. The zero-order chi connectivity index (χ0) is 7.84. The molecule has 0 amide bonds. The Morgan fingerprint density at radius 1 is 1.45 bits per heavy atom. The van der Waals surface area contributed by atoms with Crippen molar-refractivity contribution >= 4 is 21.6 Å². The monoisotopic (exact) mass is 165 g/mol. The largest absolute Gasteiger partial charge is 0.360 e. The molecule has 11 heavy (non-hydrogen) atoms. The molecule has 0 saturated carbocycles. The maximum absolute atomic E-state index is 3.26. The lowest BCUT2D eigenvalue weighted by Crippen LogP contribution is -1.80. The topological polar surface area (TPSA) is 15.8 Å². The van der Waals surface area contributed by atoms with E-state index in [1.165, 1.54) is 15.8 Å². The van der Waals surface area contributed by atoms with E-state index >= 15 is 0 Å². The van der Waals surface area contributed by atoms with Crippen LogP contribution in [0, 0.1) is 0 Å². The molecule has 58 valence electrons. The number of hydrogen-bond donors (Lipinski definition) is 1. The molecule has 0 aliphatic rings. The summed E-state index contributed by atoms with van der Waals surface area (Å²) in [5.41, 5.74) is 2.72. The van der Waals surface area contributed by atoms with E-state index in [0.717, 1.165) is 0 Å². The Kier molecular flexibility index (Phi) is 1.50. The molecule has 2 heterocycles. The summed E-state index contributed by atoms with van der Waals surface area (Å²) < 4.78 is 1.42. The molecule has 0 radical (unpaired) electrons. The molecule has 0 saturated heterocycles. The Morgan fingerprint density at radius 3 is 3.00 bits per heavy atom. The van der Waals surface area contributed by atoms with Gasteiger partial charge in [-0.25, -0.2) is 0 Å². The van der Waals surface area contributed by atoms with Gasteiger partial charge < -0.3 is 4.98 Å². The molecular formula is C9H11NS. The minimum atomic E-state index is 0.627. The average Bonchev–Trinajstić information content (AvgIpc) is 2.41. The molecule has 0 fully saturated rings. The van der Waals surface area contributed by atoms with Crippen LogP contribution in [-0.4, -0.2) is 4.98 Å². The van der Waals surface area contributed by atoms with Crippen molar-refractivity contribution in [2.75, 3.05) is 0 Å². The molecule has 1 nitrogen and oxygen atoms in total. The summed E-state index contributed by atoms with van der Waals surface area (Å²) in [5.74, 6) is 0.627. The lowest BCUT2D eigenvalue weighted by molar-refractivity contribution is 0.877. The molecule has 2 aromatic rings. The van der Waals surface area contributed by atoms with Gasteiger partial charge in [-0.2, -0.15) is 0 Å². The van der Waals surface area contributed by atoms with Gasteiger partial charge in [0.05, 0.1) is 10.2 Å². The highest BCUT2D eigenvalue weighted by Gasteiger charge is 2.06. The molecule has 0 aromatic carbocycles. The molecular weight excluding hydrogens is 154 g/mol. The zero-order valence-electron chi connectivity index (χ0n) is 6.72. The van der Waals surface area contributed by atoms with E-state index in [9.17, 15) is 0 Å². The number of H-pyrrole nitrogens is 1. The predicted molar refractivity (Wildman–Crippen MR) is 50.3 cm³/mol. The number of thiophene rings is 1. The van der Waals surface area contributed by atoms with Crippen molar-refractivity contribution in [1.29, 1.82) is 0 Å². The third-order valence-corrected chi connectivity index (χ3v) is 2.90. The molecule has 1 N–H and O–H groups in total. The first-order valence-corrected chi connectivity index (χ1v) is 4.71. The van der Waals surface area contributed by atoms with E-state index in [2.05, 4.69) is 36.5 Å². The van der Waals surface area contributed by atoms with E-state index in [0.29, 0.717) is 5.92 Å². The minimum Gasteiger partial charge on any atom is -0.360 e. The maximum atomic E-state index is 3.26. The van der Waals surface area contributed by atoms with Crippen molar-refractivity contribution in [1.82, 2.24) is 4.98 Å². The van der Waals surface area contributed by atoms with Crippen molar-refractivity contribution in [2.45, 2.75) is 19.8 Å². The molecule has 0 aliphatic carbocycles. The lowest BCUT2D eigenvalue weighted by atomic mass is 10.1. The fraction of sp³-hybridized carbons (Fsp3) is 0.333. The summed E-state index contributed by atoms with van der Waals surface area (Å²) in [6.07, 6.45) is 2.12. The van der Waals surface area contributed by atoms with Crippen LogP contribution in [0.5, 0.6) is 0 Å². The van der Waals surface area contributed by atoms with E-state index in [1.807, 2.05) is 11.3 Å². The Morgan fingerprint density at radius 2 is 2.27 bits per heavy atom. The Labute approximate surface area is 70.1 Å². The van der Waals surface area contributed by atoms with E-state index in [1.54, 1.807) is 0 Å². The van der Waals surface area contributed by atoms with Gasteiger partial charge in [0, 0.05) is 6.20 Å². The summed E-state index contributed by atoms with van der Waals surface area (Å²) in [7, 11) is 0. The highest BCUT2D eigenvalue weighted by atomic mass is 32.1. The number of aromatic nitrogens is 1. The zero-order valence-corrected chi connectivity index (χ0v) is 7.53. The van der Waals surface area contributed by atoms with E-state index in [-0.39, 0.29) is 0 Å². The van der Waals surface area contributed by atoms with Gasteiger partial charge in [-0.15, -0.1) is 11.3 Å². The van der Waals surface area contributed by atoms with Gasteiger partial charge in [0.15, 0.2) is 0 Å². The van der Waals surface area contributed by atoms with E-state index in [4.69, 9.17) is 0 Å². The van der Waals surface area contributed by atoms with Gasteiger partial charge in [0.25, 0.3) is 0 Å². The molecule has 0 bridgehead atoms. The molecule has 0 aliphatic heterocycles. The van der Waals surface area contributed by atoms with Crippen LogP contribution in [0.25, 0.3) is 10.2 Å². The van der Waals surface area contributed by atoms with Crippen LogP contribution in [0.3, 0.4) is 0 Å². The minimum absolute atomic E-state index is 0.627. The fourth-order valence-electron chi connectivity index (χ4n) is 1.30. The van der Waals surface area contributed by atoms with Gasteiger partial charge in [-0.3, -0.25) is 0 Å². The summed E-state index contributed by atoms with van der Waals surface area (Å²) in [4.78, 5) is 3.26. The van der Waals surface area contributed by atoms with Crippen LogP contribution < -0.4 is 0 Å². The number of rotatable bonds is 1. The van der Waals surface area contributed by atoms with Gasteiger partial charge in [0.2, 0.25) is 0 Å². The second-order valence-corrected chi connectivity index (χ2v) is 3.98. The van der Waals surface area contributed by atoms with Crippen molar-refractivity contribution in [2.24, 2.45) is 0 Å². The molecule has 2 heteroatoms. The molecule has 0 atom stereocenters. The second kappa shape index (κ2) is 2.38. The molecule has 2 rings (SSSR count). The maximum Gasteiger partial charge on any atom is 0.0566 e. The lowest BCUT2D eigenvalue weighted by Gasteiger charge is -1.98. The van der Waals surface area contributed by atoms with Crippen LogP contribution in [0.2, 0.25) is 0 Å². The third-order valence-electron chi connectivity index (χ3n) is 1.93. The Hall–Kier alpha value is -0.760. The summed E-state index contributed by atoms with van der Waals surface area (Å²) in [5, 5.41) is 2.13. The van der Waals surface area contributed by atoms with Gasteiger partial charge >= 0.3 is 0 Å². The van der Waals surface area contributed by atoms with Crippen molar-refractivity contribution in [3.8, 4) is 0 Å². The number of aromatic amines is 1. The normalized spacial score (nSPS) is 11.5. The Balaban J connectivity index is 2.68. The van der Waals surface area contributed by atoms with Gasteiger partial charge in [0.1, 0.15) is 0 Å². The summed E-state index contributed by atoms with van der Waals surface area (Å²) >= 11 is 1.82. The number of nitrogens with one attached hydrogen (secondary N) is 1. The molecule has 0 unspecified atom stereocenters. The SMILES string of the molecule is CC(C)c1c[nH]c2ccsc12. The average molecular weight is 165 g/mol. The number of hydrogen-bond acceptors (Lipinski definition) is 1. The summed E-state index contributed by atoms with van der Waals surface area (Å²) in [6, 6.07) is 2.13. The standard InChI is InChI=1S/C9H11NS/c1-6(2)7-5-10-8-3-4-11-9(7)8/h3-6,10H,1-2H3. The fourth-order valence-corrected chi connectivity index (χ4v) is 2.32. The summed E-state index contributed by atoms with van der Waals surface area (Å²) in [6.45, 7) is 4.45. The van der Waals surface area contributed by atoms with Gasteiger partial charge in [-0.1, -0.05) is 13.8 Å². The highest BCUT2D eigenvalue weighted by molar-refractivity contribution is 7.17. The van der Waals surface area contributed by atoms with Crippen LogP contribution in [0.1, 0.15) is 25.3 Å². The molecule has 0 spiro atoms. The van der Waals surface area contributed by atoms with Crippen molar-refractivity contribution in [3.05, 3.63) is 23.2 Å². The van der Waals surface area contributed by atoms with Crippen LogP contribution in [0.4, 0.5) is 0 Å². The van der Waals surface area contributed by atoms with Crippen molar-refractivity contribution in [3.63, 3.8) is 0 Å². The first-order valence-electron chi connectivity index (χ1n) is 3.83. The third kappa shape index (κ3) is 0.979. The van der Waals surface area contributed by atoms with E-state index < -0.39 is 0 Å².